The Labute approximate surface area is 62.8 Å². The van der Waals surface area contributed by atoms with Crippen molar-refractivity contribution in [3.8, 4) is 0 Å². The largest absolute Gasteiger partial charge is 0.377 e. The molecule has 1 saturated heterocycles. The fraction of sp³-hybridized carbons (Fsp3) is 1.00. The van der Waals surface area contributed by atoms with Crippen LogP contribution in [0.15, 0.2) is 0 Å². The van der Waals surface area contributed by atoms with Crippen molar-refractivity contribution < 1.29 is 4.74 Å². The zero-order valence-electron chi connectivity index (χ0n) is 6.89. The van der Waals surface area contributed by atoms with Crippen molar-refractivity contribution in [3.05, 3.63) is 0 Å². The third-order valence-corrected chi connectivity index (χ3v) is 2.94. The van der Waals surface area contributed by atoms with Crippen molar-refractivity contribution in [2.75, 3.05) is 6.61 Å². The Kier molecular flexibility index (Phi) is 1.31. The highest BCUT2D eigenvalue weighted by atomic mass is 16.5. The molecular weight excluding hydrogens is 124 g/mol. The van der Waals surface area contributed by atoms with Crippen LogP contribution in [0.5, 0.6) is 0 Å². The van der Waals surface area contributed by atoms with E-state index in [4.69, 9.17) is 4.74 Å². The lowest BCUT2D eigenvalue weighted by Crippen LogP contribution is -2.13. The lowest BCUT2D eigenvalue weighted by atomic mass is 9.97. The predicted octanol–water partition coefficient (Wildman–Crippen LogP) is 2.21. The van der Waals surface area contributed by atoms with E-state index in [0.717, 1.165) is 12.5 Å². The summed E-state index contributed by atoms with van der Waals surface area (Å²) >= 11 is 0. The number of hydrogen-bond donors (Lipinski definition) is 0. The van der Waals surface area contributed by atoms with Crippen molar-refractivity contribution in [3.63, 3.8) is 0 Å². The van der Waals surface area contributed by atoms with E-state index in [1.807, 2.05) is 0 Å². The molecule has 1 nitrogen and oxygen atoms in total. The van der Waals surface area contributed by atoms with Gasteiger partial charge >= 0.3 is 0 Å². The van der Waals surface area contributed by atoms with Gasteiger partial charge in [0.15, 0.2) is 0 Å². The molecule has 1 saturated carbocycles. The van der Waals surface area contributed by atoms with Crippen molar-refractivity contribution in [1.29, 1.82) is 0 Å². The first kappa shape index (κ1) is 6.66. The Morgan fingerprint density at radius 1 is 1.40 bits per heavy atom. The van der Waals surface area contributed by atoms with E-state index in [0.29, 0.717) is 11.5 Å². The molecule has 2 rings (SSSR count). The van der Waals surface area contributed by atoms with Gasteiger partial charge in [-0.05, 0) is 30.6 Å². The molecule has 58 valence electrons. The molecule has 2 aliphatic rings. The molecule has 1 aliphatic carbocycles. The van der Waals surface area contributed by atoms with Crippen LogP contribution < -0.4 is 0 Å². The molecule has 2 fully saturated rings. The molecule has 0 aromatic carbocycles. The van der Waals surface area contributed by atoms with Gasteiger partial charge < -0.3 is 4.74 Å². The maximum Gasteiger partial charge on any atom is 0.0604 e. The first-order valence-corrected chi connectivity index (χ1v) is 4.33. The average molecular weight is 140 g/mol. The van der Waals surface area contributed by atoms with Gasteiger partial charge in [0.1, 0.15) is 0 Å². The minimum absolute atomic E-state index is 0.572. The van der Waals surface area contributed by atoms with Gasteiger partial charge in [-0.25, -0.2) is 0 Å². The smallest absolute Gasteiger partial charge is 0.0604 e. The summed E-state index contributed by atoms with van der Waals surface area (Å²) in [5.41, 5.74) is 0.676. The predicted molar refractivity (Wildman–Crippen MR) is 40.9 cm³/mol. The molecule has 0 amide bonds. The molecule has 1 atom stereocenters. The van der Waals surface area contributed by atoms with Gasteiger partial charge in [-0.1, -0.05) is 13.8 Å². The molecule has 1 unspecified atom stereocenters. The van der Waals surface area contributed by atoms with Gasteiger partial charge in [0.05, 0.1) is 12.7 Å². The first-order chi connectivity index (χ1) is 4.72. The average Bonchev–Trinajstić information content (AvgIpc) is 2.41. The summed E-state index contributed by atoms with van der Waals surface area (Å²) in [5.74, 6) is 0.722. The van der Waals surface area contributed by atoms with E-state index in [1.54, 1.807) is 0 Å². The number of rotatable bonds is 1. The highest BCUT2D eigenvalue weighted by molar-refractivity contribution is 4.99. The fourth-order valence-corrected chi connectivity index (χ4v) is 1.78. The lowest BCUT2D eigenvalue weighted by molar-refractivity contribution is 0.0722. The van der Waals surface area contributed by atoms with Gasteiger partial charge in [-0.15, -0.1) is 0 Å². The summed E-state index contributed by atoms with van der Waals surface area (Å²) in [6.45, 7) is 5.56. The molecule has 0 aromatic heterocycles. The quantitative estimate of drug-likeness (QED) is 0.542. The standard InChI is InChI=1S/C9H16O/c1-7(2)8-5-9(3-4-9)6-10-8/h7-8H,3-6H2,1-2H3. The minimum Gasteiger partial charge on any atom is -0.377 e. The van der Waals surface area contributed by atoms with Gasteiger partial charge in [0, 0.05) is 0 Å². The lowest BCUT2D eigenvalue weighted by Gasteiger charge is -2.12. The zero-order chi connectivity index (χ0) is 7.19. The van der Waals surface area contributed by atoms with E-state index in [2.05, 4.69) is 13.8 Å². The van der Waals surface area contributed by atoms with Crippen LogP contribution in [0.2, 0.25) is 0 Å². The van der Waals surface area contributed by atoms with E-state index >= 15 is 0 Å². The van der Waals surface area contributed by atoms with Crippen molar-refractivity contribution >= 4 is 0 Å². The second kappa shape index (κ2) is 1.97. The Morgan fingerprint density at radius 3 is 2.40 bits per heavy atom. The number of ether oxygens (including phenoxy) is 1. The Bertz CT molecular complexity index is 136. The van der Waals surface area contributed by atoms with Crippen LogP contribution in [0, 0.1) is 11.3 Å². The van der Waals surface area contributed by atoms with Gasteiger partial charge in [0.25, 0.3) is 0 Å². The van der Waals surface area contributed by atoms with Gasteiger partial charge in [0.2, 0.25) is 0 Å². The monoisotopic (exact) mass is 140 g/mol. The molecule has 1 spiro atoms. The van der Waals surface area contributed by atoms with Crippen LogP contribution in [0.4, 0.5) is 0 Å². The third kappa shape index (κ3) is 0.968. The maximum absolute atomic E-state index is 5.69. The molecule has 0 bridgehead atoms. The molecule has 0 radical (unpaired) electrons. The molecule has 1 aliphatic heterocycles. The molecule has 1 heteroatoms. The van der Waals surface area contributed by atoms with Crippen molar-refractivity contribution in [2.45, 2.75) is 39.2 Å². The summed E-state index contributed by atoms with van der Waals surface area (Å²) < 4.78 is 5.69. The second-order valence-corrected chi connectivity index (χ2v) is 4.30. The number of hydrogen-bond acceptors (Lipinski definition) is 1. The van der Waals surface area contributed by atoms with Crippen LogP contribution in [-0.4, -0.2) is 12.7 Å². The van der Waals surface area contributed by atoms with E-state index in [-0.39, 0.29) is 0 Å². The van der Waals surface area contributed by atoms with Crippen LogP contribution in [0.3, 0.4) is 0 Å². The molecule has 1 heterocycles. The van der Waals surface area contributed by atoms with Crippen molar-refractivity contribution in [2.24, 2.45) is 11.3 Å². The van der Waals surface area contributed by atoms with Crippen LogP contribution >= 0.6 is 0 Å². The summed E-state index contributed by atoms with van der Waals surface area (Å²) in [7, 11) is 0. The summed E-state index contributed by atoms with van der Waals surface area (Å²) in [6.07, 6.45) is 4.76. The van der Waals surface area contributed by atoms with E-state index < -0.39 is 0 Å². The highest BCUT2D eigenvalue weighted by Crippen LogP contribution is 2.54. The SMILES string of the molecule is CC(C)C1CC2(CC2)CO1. The highest BCUT2D eigenvalue weighted by Gasteiger charge is 2.49. The van der Waals surface area contributed by atoms with E-state index in [1.165, 1.54) is 19.3 Å². The summed E-state index contributed by atoms with van der Waals surface area (Å²) in [5, 5.41) is 0. The van der Waals surface area contributed by atoms with Crippen molar-refractivity contribution in [1.82, 2.24) is 0 Å². The molecule has 10 heavy (non-hydrogen) atoms. The summed E-state index contributed by atoms with van der Waals surface area (Å²) in [6, 6.07) is 0. The fourth-order valence-electron chi connectivity index (χ4n) is 1.78. The molecule has 0 N–H and O–H groups in total. The summed E-state index contributed by atoms with van der Waals surface area (Å²) in [4.78, 5) is 0. The Balaban J connectivity index is 1.93. The molecule has 0 aromatic rings. The Hall–Kier alpha value is -0.0400. The second-order valence-electron chi connectivity index (χ2n) is 4.30. The molecular formula is C9H16O. The van der Waals surface area contributed by atoms with E-state index in [9.17, 15) is 0 Å². The van der Waals surface area contributed by atoms with Crippen LogP contribution in [0.25, 0.3) is 0 Å². The first-order valence-electron chi connectivity index (χ1n) is 4.33. The normalized spacial score (nSPS) is 35.7. The van der Waals surface area contributed by atoms with Crippen LogP contribution in [0.1, 0.15) is 33.1 Å². The third-order valence-electron chi connectivity index (χ3n) is 2.94. The van der Waals surface area contributed by atoms with Gasteiger partial charge in [-0.2, -0.15) is 0 Å². The van der Waals surface area contributed by atoms with Crippen LogP contribution in [-0.2, 0) is 4.74 Å². The zero-order valence-corrected chi connectivity index (χ0v) is 6.89. The van der Waals surface area contributed by atoms with Gasteiger partial charge in [-0.3, -0.25) is 0 Å². The maximum atomic E-state index is 5.69. The minimum atomic E-state index is 0.572. The Morgan fingerprint density at radius 2 is 2.10 bits per heavy atom. The topological polar surface area (TPSA) is 9.23 Å².